The number of aliphatic imine (C=N–C) groups is 1. The minimum absolute atomic E-state index is 0.00487. The Kier molecular flexibility index (Phi) is 12.4. The van der Waals surface area contributed by atoms with Gasteiger partial charge in [-0.3, -0.25) is 14.6 Å². The normalized spacial score (nSPS) is 16.7. The first-order valence-corrected chi connectivity index (χ1v) is 21.7. The highest BCUT2D eigenvalue weighted by molar-refractivity contribution is 7.19. The summed E-state index contributed by atoms with van der Waals surface area (Å²) in [6, 6.07) is 4.02. The number of thiophene rings is 2. The number of carbonyl (C=O) groups is 3. The highest BCUT2D eigenvalue weighted by atomic mass is 35.5. The largest absolute Gasteiger partial charge is 0.490 e. The van der Waals surface area contributed by atoms with E-state index in [0.29, 0.717) is 36.4 Å². The van der Waals surface area contributed by atoms with Crippen LogP contribution in [0.5, 0.6) is 5.75 Å². The summed E-state index contributed by atoms with van der Waals surface area (Å²) in [6.07, 6.45) is 9.42. The molecule has 2 aliphatic carbocycles. The van der Waals surface area contributed by atoms with Crippen molar-refractivity contribution in [3.8, 4) is 5.75 Å². The van der Waals surface area contributed by atoms with E-state index < -0.39 is 11.7 Å². The van der Waals surface area contributed by atoms with E-state index in [1.807, 2.05) is 67.3 Å². The van der Waals surface area contributed by atoms with Gasteiger partial charge >= 0.3 is 6.09 Å². The smallest absolute Gasteiger partial charge is 0.410 e. The van der Waals surface area contributed by atoms with E-state index in [9.17, 15) is 14.4 Å². The van der Waals surface area contributed by atoms with Gasteiger partial charge in [0.15, 0.2) is 0 Å². The molecule has 1 aliphatic heterocycles. The minimum Gasteiger partial charge on any atom is -0.490 e. The van der Waals surface area contributed by atoms with Crippen LogP contribution in [-0.2, 0) is 46.6 Å². The molecule has 2 atom stereocenters. The number of benzene rings is 1. The van der Waals surface area contributed by atoms with Crippen molar-refractivity contribution in [1.82, 2.24) is 34.6 Å². The number of nitrogens with one attached hydrogen (secondary N) is 1. The molecule has 3 aliphatic rings. The molecule has 0 bridgehead atoms. The molecule has 312 valence electrons. The summed E-state index contributed by atoms with van der Waals surface area (Å²) >= 11 is 9.45. The average molecular weight is 861 g/mol. The number of ether oxygens (including phenoxy) is 2. The van der Waals surface area contributed by atoms with Crippen molar-refractivity contribution >= 4 is 90.3 Å². The van der Waals surface area contributed by atoms with Crippen LogP contribution in [0.4, 0.5) is 16.3 Å². The van der Waals surface area contributed by atoms with E-state index in [4.69, 9.17) is 21.1 Å². The van der Waals surface area contributed by atoms with Gasteiger partial charge in [-0.15, -0.1) is 22.7 Å². The second-order valence-electron chi connectivity index (χ2n) is 16.5. The molecular formula is C42H50ClN9O5S2. The van der Waals surface area contributed by atoms with Crippen LogP contribution >= 0.6 is 34.3 Å². The Hall–Kier alpha value is -4.93. The summed E-state index contributed by atoms with van der Waals surface area (Å²) in [4.78, 5) is 68.1. The lowest BCUT2D eigenvalue weighted by Gasteiger charge is -2.25. The molecule has 0 saturated heterocycles. The first-order valence-electron chi connectivity index (χ1n) is 19.7. The zero-order valence-electron chi connectivity index (χ0n) is 34.7. The van der Waals surface area contributed by atoms with Crippen LogP contribution in [-0.4, -0.2) is 113 Å². The van der Waals surface area contributed by atoms with Crippen LogP contribution in [0.15, 0.2) is 29.8 Å². The van der Waals surface area contributed by atoms with E-state index in [2.05, 4.69) is 30.2 Å². The zero-order valence-corrected chi connectivity index (χ0v) is 37.1. The maximum Gasteiger partial charge on any atom is 0.410 e. The number of likely N-dealkylation sites (N-methyl/N-ethyl adjacent to an activating group) is 1. The molecule has 1 aromatic carbocycles. The molecule has 5 aromatic rings. The predicted molar refractivity (Wildman–Crippen MR) is 234 cm³/mol. The van der Waals surface area contributed by atoms with Crippen molar-refractivity contribution < 1.29 is 23.9 Å². The summed E-state index contributed by atoms with van der Waals surface area (Å²) < 4.78 is 11.6. The Morgan fingerprint density at radius 2 is 1.44 bits per heavy atom. The molecule has 14 nitrogen and oxygen atoms in total. The van der Waals surface area contributed by atoms with Gasteiger partial charge in [-0.25, -0.2) is 24.7 Å². The third-order valence-electron chi connectivity index (χ3n) is 10.6. The molecule has 3 amide bonds. The van der Waals surface area contributed by atoms with Crippen molar-refractivity contribution in [3.05, 3.63) is 61.9 Å². The van der Waals surface area contributed by atoms with Crippen LogP contribution in [0.3, 0.4) is 0 Å². The van der Waals surface area contributed by atoms with Gasteiger partial charge in [-0.2, -0.15) is 0 Å². The maximum atomic E-state index is 12.6. The highest BCUT2D eigenvalue weighted by Crippen LogP contribution is 2.43. The number of anilines is 2. The van der Waals surface area contributed by atoms with Gasteiger partial charge in [0.25, 0.3) is 0 Å². The number of aromatic nitrogens is 4. The second-order valence-corrected chi connectivity index (χ2v) is 19.0. The molecule has 1 N–H and O–H groups in total. The van der Waals surface area contributed by atoms with Crippen molar-refractivity contribution in [3.63, 3.8) is 0 Å². The first-order chi connectivity index (χ1) is 28.1. The fourth-order valence-electron chi connectivity index (χ4n) is 7.64. The number of fused-ring (bicyclic) bond motifs is 7. The van der Waals surface area contributed by atoms with Gasteiger partial charge in [0.2, 0.25) is 11.8 Å². The number of hydrogen-bond acceptors (Lipinski definition) is 13. The van der Waals surface area contributed by atoms with Crippen LogP contribution < -0.4 is 10.1 Å². The topological polar surface area (TPSA) is 155 Å². The highest BCUT2D eigenvalue weighted by Gasteiger charge is 2.31. The molecule has 59 heavy (non-hydrogen) atoms. The number of hydrogen-bond donors (Lipinski definition) is 1. The van der Waals surface area contributed by atoms with Gasteiger partial charge in [-0.05, 0) is 93.7 Å². The van der Waals surface area contributed by atoms with E-state index >= 15 is 0 Å². The number of nitrogens with zero attached hydrogens (tertiary/aromatic N) is 8. The summed E-state index contributed by atoms with van der Waals surface area (Å²) in [5, 5.41) is 6.03. The summed E-state index contributed by atoms with van der Waals surface area (Å²) in [7, 11) is 8.94. The lowest BCUT2D eigenvalue weighted by molar-refractivity contribution is -0.134. The number of rotatable bonds is 8. The van der Waals surface area contributed by atoms with Gasteiger partial charge in [0.1, 0.15) is 51.2 Å². The van der Waals surface area contributed by atoms with Crippen molar-refractivity contribution in [2.24, 2.45) is 16.8 Å². The van der Waals surface area contributed by atoms with Crippen molar-refractivity contribution in [2.45, 2.75) is 71.4 Å². The van der Waals surface area contributed by atoms with E-state index in [-0.39, 0.29) is 23.7 Å². The van der Waals surface area contributed by atoms with Crippen LogP contribution in [0.25, 0.3) is 20.4 Å². The van der Waals surface area contributed by atoms with Crippen molar-refractivity contribution in [1.29, 1.82) is 0 Å². The number of amides is 3. The Balaban J connectivity index is 0.000000231. The Morgan fingerprint density at radius 3 is 2.05 bits per heavy atom. The first kappa shape index (κ1) is 42.2. The lowest BCUT2D eigenvalue weighted by atomic mass is 9.87. The van der Waals surface area contributed by atoms with E-state index in [1.54, 1.807) is 45.8 Å². The van der Waals surface area contributed by atoms with Gasteiger partial charge in [0.05, 0.1) is 29.5 Å². The molecule has 0 saturated carbocycles. The minimum atomic E-state index is -0.560. The van der Waals surface area contributed by atoms with Gasteiger partial charge < -0.3 is 29.5 Å². The molecule has 0 radical (unpaired) electrons. The molecule has 17 heteroatoms. The molecule has 0 fully saturated rings. The quantitative estimate of drug-likeness (QED) is 0.157. The second kappa shape index (κ2) is 17.3. The van der Waals surface area contributed by atoms with Crippen LogP contribution in [0.1, 0.15) is 65.6 Å². The fourth-order valence-corrected chi connectivity index (χ4v) is 10.5. The number of carbonyl (C=O) groups excluding carboxylic acids is 3. The summed E-state index contributed by atoms with van der Waals surface area (Å²) in [6.45, 7) is 6.79. The van der Waals surface area contributed by atoms with E-state index in [0.717, 1.165) is 75.8 Å². The summed E-state index contributed by atoms with van der Waals surface area (Å²) in [5.41, 5.74) is 4.78. The lowest BCUT2D eigenvalue weighted by Crippen LogP contribution is -2.36. The molecule has 5 heterocycles. The standard InChI is InChI=1S/C29H36N6O4S.C13H14ClN3OS/c1-29(2,3)39-28(37)35(6)9-10-38-22-12-19-15-30-14-18(19)11-21(22)33-25-24-20-8-7-17(27(36)34(4)5)13-23(20)40-26(24)32-16-31-25;1-17(2)13(18)7-3-4-8-9(5-7)19-12-10(8)11(14)15-6-16-12/h11-12,14,16-17H,7-10,13,15H2,1-6H3,(H,31,32,33);6-7H,3-5H2,1-2H3/t17-;7-/m00/s1. The van der Waals surface area contributed by atoms with Crippen LogP contribution in [0, 0.1) is 11.8 Å². The number of aryl methyl sites for hydroxylation is 2. The Morgan fingerprint density at radius 1 is 0.847 bits per heavy atom. The molecule has 4 aromatic heterocycles. The SMILES string of the molecule is CN(C)C(=O)[C@H]1CCc2c(sc3ncnc(Cl)c23)C1.CN(C)C(=O)[C@H]1CCc2c(sc3ncnc(Nc4cc5c(cc4OCCN(C)C(=O)OC(C)(C)C)CN=C5)c23)C1. The Labute approximate surface area is 357 Å². The van der Waals surface area contributed by atoms with Gasteiger partial charge in [-0.1, -0.05) is 11.6 Å². The molecule has 8 rings (SSSR count). The molecular weight excluding hydrogens is 810 g/mol. The van der Waals surface area contributed by atoms with E-state index in [1.165, 1.54) is 32.1 Å². The molecule has 0 unspecified atom stereocenters. The van der Waals surface area contributed by atoms with Crippen LogP contribution in [0.2, 0.25) is 5.15 Å². The maximum absolute atomic E-state index is 12.6. The average Bonchev–Trinajstić information content (AvgIpc) is 3.91. The Bertz CT molecular complexity index is 2440. The zero-order chi connectivity index (χ0) is 42.2. The number of halogens is 1. The molecule has 0 spiro atoms. The van der Waals surface area contributed by atoms with Gasteiger partial charge in [0, 0.05) is 63.0 Å². The fraction of sp³-hybridized carbons (Fsp3) is 0.476. The summed E-state index contributed by atoms with van der Waals surface area (Å²) in [5.74, 6) is 1.84. The third-order valence-corrected chi connectivity index (χ3v) is 13.2. The monoisotopic (exact) mass is 859 g/mol. The van der Waals surface area contributed by atoms with Crippen molar-refractivity contribution in [2.75, 3.05) is 53.7 Å². The third kappa shape index (κ3) is 9.29. The predicted octanol–water partition coefficient (Wildman–Crippen LogP) is 7.34.